The minimum atomic E-state index is -0.261. The highest BCUT2D eigenvalue weighted by molar-refractivity contribution is 5.91. The second-order valence-corrected chi connectivity index (χ2v) is 3.88. The number of nitrogens with zero attached hydrogens (tertiary/aromatic N) is 1. The fraction of sp³-hybridized carbons (Fsp3) is 0.385. The van der Waals surface area contributed by atoms with Crippen LogP contribution in [0.25, 0.3) is 0 Å². The molecular weight excluding hydrogens is 230 g/mol. The van der Waals surface area contributed by atoms with Gasteiger partial charge in [-0.1, -0.05) is 12.1 Å². The summed E-state index contributed by atoms with van der Waals surface area (Å²) in [7, 11) is 1.53. The first kappa shape index (κ1) is 14.2. The zero-order valence-corrected chi connectivity index (χ0v) is 10.3. The van der Waals surface area contributed by atoms with E-state index in [2.05, 4.69) is 11.4 Å². The molecule has 0 radical (unpaired) electrons. The number of methoxy groups -OCH3 is 1. The van der Waals surface area contributed by atoms with Gasteiger partial charge in [-0.25, -0.2) is 0 Å². The van der Waals surface area contributed by atoms with Gasteiger partial charge in [-0.2, -0.15) is 5.26 Å². The van der Waals surface area contributed by atoms with Crippen LogP contribution >= 0.6 is 0 Å². The summed E-state index contributed by atoms with van der Waals surface area (Å²) in [6, 6.07) is 9.24. The van der Waals surface area contributed by atoms with Crippen molar-refractivity contribution in [1.29, 1.82) is 5.26 Å². The maximum Gasteiger partial charge on any atom is 0.227 e. The van der Waals surface area contributed by atoms with Crippen LogP contribution in [0.2, 0.25) is 0 Å². The maximum absolute atomic E-state index is 11.7. The van der Waals surface area contributed by atoms with Gasteiger partial charge in [0.2, 0.25) is 5.91 Å². The van der Waals surface area contributed by atoms with Crippen LogP contribution in [0, 0.1) is 11.3 Å². The molecule has 3 N–H and O–H groups in total. The van der Waals surface area contributed by atoms with Gasteiger partial charge < -0.3 is 15.8 Å². The van der Waals surface area contributed by atoms with Gasteiger partial charge in [-0.3, -0.25) is 4.79 Å². The van der Waals surface area contributed by atoms with Gasteiger partial charge in [0.1, 0.15) is 0 Å². The molecule has 5 nitrogen and oxygen atoms in total. The van der Waals surface area contributed by atoms with E-state index in [1.54, 1.807) is 12.1 Å². The molecule has 1 rings (SSSR count). The quantitative estimate of drug-likeness (QED) is 0.786. The van der Waals surface area contributed by atoms with Crippen molar-refractivity contribution in [1.82, 2.24) is 0 Å². The number of nitriles is 1. The third kappa shape index (κ3) is 4.53. The highest BCUT2D eigenvalue weighted by Crippen LogP contribution is 2.10. The van der Waals surface area contributed by atoms with Crippen LogP contribution in [0.3, 0.4) is 0 Å². The Morgan fingerprint density at radius 2 is 2.17 bits per heavy atom. The Morgan fingerprint density at radius 3 is 2.67 bits per heavy atom. The Hall–Kier alpha value is -1.90. The molecule has 0 bridgehead atoms. The highest BCUT2D eigenvalue weighted by atomic mass is 16.5. The Balaban J connectivity index is 2.52. The molecule has 0 saturated carbocycles. The predicted molar refractivity (Wildman–Crippen MR) is 68.9 cm³/mol. The number of carbonyl (C=O) groups is 1. The molecule has 0 saturated heterocycles. The van der Waals surface area contributed by atoms with Crippen LogP contribution < -0.4 is 11.1 Å². The van der Waals surface area contributed by atoms with E-state index in [0.29, 0.717) is 18.7 Å². The number of anilines is 1. The summed E-state index contributed by atoms with van der Waals surface area (Å²) >= 11 is 0. The molecule has 0 spiro atoms. The third-order valence-corrected chi connectivity index (χ3v) is 2.53. The summed E-state index contributed by atoms with van der Waals surface area (Å²) in [5.41, 5.74) is 7.07. The van der Waals surface area contributed by atoms with Crippen LogP contribution in [0.5, 0.6) is 0 Å². The van der Waals surface area contributed by atoms with Crippen LogP contribution in [0.1, 0.15) is 12.0 Å². The fourth-order valence-electron chi connectivity index (χ4n) is 1.48. The van der Waals surface area contributed by atoms with Crippen LogP contribution in [-0.4, -0.2) is 25.7 Å². The van der Waals surface area contributed by atoms with E-state index in [4.69, 9.17) is 15.7 Å². The Bertz CT molecular complexity index is 419. The lowest BCUT2D eigenvalue weighted by Gasteiger charge is -2.12. The number of benzene rings is 1. The first-order valence-electron chi connectivity index (χ1n) is 5.68. The highest BCUT2D eigenvalue weighted by Gasteiger charge is 2.11. The van der Waals surface area contributed by atoms with Crippen LogP contribution in [-0.2, 0) is 16.0 Å². The first-order valence-corrected chi connectivity index (χ1v) is 5.68. The molecule has 5 heteroatoms. The smallest absolute Gasteiger partial charge is 0.227 e. The molecule has 0 heterocycles. The molecule has 0 aliphatic heterocycles. The van der Waals surface area contributed by atoms with Crippen LogP contribution in [0.4, 0.5) is 5.69 Å². The summed E-state index contributed by atoms with van der Waals surface area (Å²) < 4.78 is 5.04. The number of hydrogen-bond donors (Lipinski definition) is 2. The van der Waals surface area contributed by atoms with Crippen molar-refractivity contribution in [2.24, 2.45) is 5.73 Å². The molecule has 1 unspecified atom stereocenters. The molecule has 96 valence electrons. The van der Waals surface area contributed by atoms with Crippen LogP contribution in [0.15, 0.2) is 24.3 Å². The van der Waals surface area contributed by atoms with E-state index in [1.165, 1.54) is 7.11 Å². The lowest BCUT2D eigenvalue weighted by molar-refractivity contribution is -0.118. The van der Waals surface area contributed by atoms with Crippen molar-refractivity contribution in [3.63, 3.8) is 0 Å². The minimum absolute atomic E-state index is 0.139. The number of carbonyl (C=O) groups excluding carboxylic acids is 1. The van der Waals surface area contributed by atoms with E-state index < -0.39 is 0 Å². The molecular formula is C13H17N3O2. The minimum Gasteiger partial charge on any atom is -0.380 e. The molecule has 18 heavy (non-hydrogen) atoms. The van der Waals surface area contributed by atoms with Crippen molar-refractivity contribution >= 4 is 11.6 Å². The third-order valence-electron chi connectivity index (χ3n) is 2.53. The molecule has 1 aromatic rings. The largest absolute Gasteiger partial charge is 0.380 e. The normalized spacial score (nSPS) is 11.6. The first-order chi connectivity index (χ1) is 8.69. The molecule has 0 aliphatic carbocycles. The SMILES string of the molecule is COC(CN)CC(=O)Nc1ccc(CC#N)cc1. The number of rotatable bonds is 6. The molecule has 1 amide bonds. The lowest BCUT2D eigenvalue weighted by atomic mass is 10.1. The van der Waals surface area contributed by atoms with Crippen molar-refractivity contribution in [2.75, 3.05) is 19.0 Å². The molecule has 0 aromatic heterocycles. The zero-order valence-electron chi connectivity index (χ0n) is 10.3. The van der Waals surface area contributed by atoms with E-state index in [0.717, 1.165) is 5.56 Å². The van der Waals surface area contributed by atoms with E-state index in [-0.39, 0.29) is 18.4 Å². The molecule has 1 aromatic carbocycles. The summed E-state index contributed by atoms with van der Waals surface area (Å²) in [4.78, 5) is 11.7. The van der Waals surface area contributed by atoms with Gasteiger partial charge >= 0.3 is 0 Å². The summed E-state index contributed by atoms with van der Waals surface area (Å²) in [5, 5.41) is 11.3. The number of ether oxygens (including phenoxy) is 1. The summed E-state index contributed by atoms with van der Waals surface area (Å²) in [6.07, 6.45) is 0.336. The van der Waals surface area contributed by atoms with Crippen molar-refractivity contribution in [3.05, 3.63) is 29.8 Å². The number of amides is 1. The average molecular weight is 247 g/mol. The molecule has 1 atom stereocenters. The number of nitrogens with one attached hydrogen (secondary N) is 1. The second-order valence-electron chi connectivity index (χ2n) is 3.88. The second kappa shape index (κ2) is 7.43. The van der Waals surface area contributed by atoms with E-state index >= 15 is 0 Å². The zero-order chi connectivity index (χ0) is 13.4. The monoisotopic (exact) mass is 247 g/mol. The molecule has 0 fully saturated rings. The van der Waals surface area contributed by atoms with Crippen molar-refractivity contribution in [2.45, 2.75) is 18.9 Å². The van der Waals surface area contributed by atoms with Gasteiger partial charge in [-0.15, -0.1) is 0 Å². The molecule has 0 aliphatic rings. The van der Waals surface area contributed by atoms with Gasteiger partial charge in [0.15, 0.2) is 0 Å². The van der Waals surface area contributed by atoms with Gasteiger partial charge in [-0.05, 0) is 17.7 Å². The Labute approximate surface area is 107 Å². The summed E-state index contributed by atoms with van der Waals surface area (Å²) in [5.74, 6) is -0.139. The van der Waals surface area contributed by atoms with E-state index in [9.17, 15) is 4.79 Å². The maximum atomic E-state index is 11.7. The number of nitrogens with two attached hydrogens (primary N) is 1. The van der Waals surface area contributed by atoms with Crippen molar-refractivity contribution in [3.8, 4) is 6.07 Å². The van der Waals surface area contributed by atoms with E-state index in [1.807, 2.05) is 12.1 Å². The Kier molecular flexibility index (Phi) is 5.85. The van der Waals surface area contributed by atoms with Gasteiger partial charge in [0.25, 0.3) is 0 Å². The van der Waals surface area contributed by atoms with Gasteiger partial charge in [0, 0.05) is 19.3 Å². The Morgan fingerprint density at radius 1 is 1.50 bits per heavy atom. The average Bonchev–Trinajstić information content (AvgIpc) is 2.38. The lowest BCUT2D eigenvalue weighted by Crippen LogP contribution is -2.28. The van der Waals surface area contributed by atoms with Crippen molar-refractivity contribution < 1.29 is 9.53 Å². The standard InChI is InChI=1S/C13H17N3O2/c1-18-12(9-15)8-13(17)16-11-4-2-10(3-5-11)6-7-14/h2-5,12H,6,8-9,15H2,1H3,(H,16,17). The topological polar surface area (TPSA) is 88.1 Å². The summed E-state index contributed by atoms with van der Waals surface area (Å²) in [6.45, 7) is 0.311. The predicted octanol–water partition coefficient (Wildman–Crippen LogP) is 1.05. The number of hydrogen-bond acceptors (Lipinski definition) is 4. The fourth-order valence-corrected chi connectivity index (χ4v) is 1.48. The van der Waals surface area contributed by atoms with Gasteiger partial charge in [0.05, 0.1) is 25.0 Å².